The molecule has 0 fully saturated rings. The van der Waals surface area contributed by atoms with Crippen molar-refractivity contribution in [3.05, 3.63) is 36.2 Å². The highest BCUT2D eigenvalue weighted by molar-refractivity contribution is 5.73. The van der Waals surface area contributed by atoms with Crippen LogP contribution in [-0.4, -0.2) is 22.6 Å². The molecule has 0 unspecified atom stereocenters. The Morgan fingerprint density at radius 3 is 2.79 bits per heavy atom. The van der Waals surface area contributed by atoms with E-state index in [2.05, 4.69) is 15.5 Å². The fourth-order valence-electron chi connectivity index (χ4n) is 1.61. The van der Waals surface area contributed by atoms with Gasteiger partial charge in [-0.25, -0.2) is 0 Å². The van der Waals surface area contributed by atoms with Crippen molar-refractivity contribution in [3.63, 3.8) is 0 Å². The number of benzene rings is 1. The third-order valence-corrected chi connectivity index (χ3v) is 2.54. The number of rotatable bonds is 7. The van der Waals surface area contributed by atoms with E-state index in [0.29, 0.717) is 37.7 Å². The lowest BCUT2D eigenvalue weighted by atomic mass is 10.2. The molecule has 1 amide bonds. The minimum atomic E-state index is -0.286. The maximum Gasteiger partial charge on any atom is 0.247 e. The number of aromatic nitrogens is 2. The summed E-state index contributed by atoms with van der Waals surface area (Å²) < 4.78 is 5.52. The summed E-state index contributed by atoms with van der Waals surface area (Å²) in [7, 11) is 0. The molecular weight excluding hydrogens is 244 g/mol. The van der Waals surface area contributed by atoms with Gasteiger partial charge < -0.3 is 15.5 Å². The first-order chi connectivity index (χ1) is 9.25. The lowest BCUT2D eigenvalue weighted by Crippen LogP contribution is -2.18. The van der Waals surface area contributed by atoms with Gasteiger partial charge in [0.15, 0.2) is 0 Å². The zero-order valence-electron chi connectivity index (χ0n) is 10.5. The van der Waals surface area contributed by atoms with Crippen LogP contribution in [0.25, 0.3) is 11.5 Å². The molecule has 1 aromatic carbocycles. The van der Waals surface area contributed by atoms with Gasteiger partial charge in [-0.2, -0.15) is 0 Å². The fourth-order valence-corrected chi connectivity index (χ4v) is 1.61. The zero-order chi connectivity index (χ0) is 13.5. The highest BCUT2D eigenvalue weighted by Crippen LogP contribution is 2.16. The molecule has 0 bridgehead atoms. The first kappa shape index (κ1) is 13.2. The summed E-state index contributed by atoms with van der Waals surface area (Å²) in [6.07, 6.45) is 1.08. The predicted molar refractivity (Wildman–Crippen MR) is 69.9 cm³/mol. The van der Waals surface area contributed by atoms with Crippen molar-refractivity contribution in [2.24, 2.45) is 5.73 Å². The molecule has 0 saturated carbocycles. The second kappa shape index (κ2) is 6.65. The van der Waals surface area contributed by atoms with Crippen molar-refractivity contribution < 1.29 is 9.21 Å². The van der Waals surface area contributed by atoms with E-state index < -0.39 is 0 Å². The molecule has 0 aliphatic carbocycles. The van der Waals surface area contributed by atoms with Crippen LogP contribution in [0.5, 0.6) is 0 Å². The first-order valence-corrected chi connectivity index (χ1v) is 6.12. The molecule has 2 aromatic rings. The summed E-state index contributed by atoms with van der Waals surface area (Å²) in [5.74, 6) is 0.749. The average molecular weight is 260 g/mol. The van der Waals surface area contributed by atoms with E-state index in [1.54, 1.807) is 0 Å². The van der Waals surface area contributed by atoms with Crippen LogP contribution in [0.15, 0.2) is 34.7 Å². The number of amides is 1. The molecule has 19 heavy (non-hydrogen) atoms. The van der Waals surface area contributed by atoms with Crippen LogP contribution in [0.2, 0.25) is 0 Å². The second-order valence-corrected chi connectivity index (χ2v) is 4.11. The summed E-state index contributed by atoms with van der Waals surface area (Å²) >= 11 is 0. The Bertz CT molecular complexity index is 524. The van der Waals surface area contributed by atoms with Crippen molar-refractivity contribution in [1.82, 2.24) is 15.5 Å². The summed E-state index contributed by atoms with van der Waals surface area (Å²) in [4.78, 5) is 10.5. The number of nitrogens with zero attached hydrogens (tertiary/aromatic N) is 2. The van der Waals surface area contributed by atoms with E-state index in [0.717, 1.165) is 5.56 Å². The largest absolute Gasteiger partial charge is 0.419 e. The maximum atomic E-state index is 10.5. The zero-order valence-corrected chi connectivity index (χ0v) is 10.5. The minimum Gasteiger partial charge on any atom is -0.419 e. The minimum absolute atomic E-state index is 0.286. The third kappa shape index (κ3) is 4.18. The van der Waals surface area contributed by atoms with Gasteiger partial charge in [-0.05, 0) is 25.1 Å². The molecule has 3 N–H and O–H groups in total. The number of hydrogen-bond acceptors (Lipinski definition) is 5. The quantitative estimate of drug-likeness (QED) is 0.727. The van der Waals surface area contributed by atoms with Gasteiger partial charge in [-0.1, -0.05) is 18.2 Å². The summed E-state index contributed by atoms with van der Waals surface area (Å²) in [6.45, 7) is 1.17. The van der Waals surface area contributed by atoms with Crippen LogP contribution in [0.4, 0.5) is 0 Å². The lowest BCUT2D eigenvalue weighted by Gasteiger charge is -1.99. The van der Waals surface area contributed by atoms with E-state index >= 15 is 0 Å². The van der Waals surface area contributed by atoms with Gasteiger partial charge in [-0.15, -0.1) is 10.2 Å². The van der Waals surface area contributed by atoms with Crippen LogP contribution >= 0.6 is 0 Å². The van der Waals surface area contributed by atoms with Crippen LogP contribution in [0, 0.1) is 0 Å². The molecule has 1 heterocycles. The molecule has 0 atom stereocenters. The number of nitrogens with one attached hydrogen (secondary N) is 1. The number of hydrogen-bond donors (Lipinski definition) is 2. The normalized spacial score (nSPS) is 10.5. The Morgan fingerprint density at radius 1 is 1.26 bits per heavy atom. The fraction of sp³-hybridized carbons (Fsp3) is 0.308. The van der Waals surface area contributed by atoms with E-state index in [9.17, 15) is 4.79 Å². The molecule has 1 aromatic heterocycles. The molecule has 0 radical (unpaired) electrons. The van der Waals surface area contributed by atoms with Gasteiger partial charge in [0.2, 0.25) is 17.7 Å². The van der Waals surface area contributed by atoms with Gasteiger partial charge in [0.05, 0.1) is 6.54 Å². The average Bonchev–Trinajstić information content (AvgIpc) is 2.88. The molecule has 2 rings (SSSR count). The summed E-state index contributed by atoms with van der Waals surface area (Å²) in [5, 5.41) is 11.1. The Morgan fingerprint density at radius 2 is 2.05 bits per heavy atom. The lowest BCUT2D eigenvalue weighted by molar-refractivity contribution is -0.118. The standard InChI is InChI=1S/C13H16N4O2/c14-11(18)7-4-8-15-9-12-16-17-13(19-12)10-5-2-1-3-6-10/h1-3,5-6,15H,4,7-9H2,(H2,14,18). The SMILES string of the molecule is NC(=O)CCCNCc1nnc(-c2ccccc2)o1. The van der Waals surface area contributed by atoms with Crippen molar-refractivity contribution >= 4 is 5.91 Å². The topological polar surface area (TPSA) is 94.0 Å². The Kier molecular flexibility index (Phi) is 4.63. The third-order valence-electron chi connectivity index (χ3n) is 2.54. The van der Waals surface area contributed by atoms with Gasteiger partial charge in [0.25, 0.3) is 0 Å². The smallest absolute Gasteiger partial charge is 0.247 e. The first-order valence-electron chi connectivity index (χ1n) is 6.12. The van der Waals surface area contributed by atoms with Crippen LogP contribution in [0.1, 0.15) is 18.7 Å². The Labute approximate surface area is 111 Å². The predicted octanol–water partition coefficient (Wildman–Crippen LogP) is 1.09. The highest BCUT2D eigenvalue weighted by atomic mass is 16.4. The van der Waals surface area contributed by atoms with Crippen LogP contribution in [-0.2, 0) is 11.3 Å². The second-order valence-electron chi connectivity index (χ2n) is 4.11. The Balaban J connectivity index is 1.80. The van der Waals surface area contributed by atoms with Gasteiger partial charge in [0.1, 0.15) is 0 Å². The van der Waals surface area contributed by atoms with Crippen molar-refractivity contribution in [2.75, 3.05) is 6.54 Å². The maximum absolute atomic E-state index is 10.5. The van der Waals surface area contributed by atoms with Gasteiger partial charge in [-0.3, -0.25) is 4.79 Å². The van der Waals surface area contributed by atoms with Gasteiger partial charge >= 0.3 is 0 Å². The monoisotopic (exact) mass is 260 g/mol. The molecular formula is C13H16N4O2. The van der Waals surface area contributed by atoms with Crippen molar-refractivity contribution in [2.45, 2.75) is 19.4 Å². The summed E-state index contributed by atoms with van der Waals surface area (Å²) in [5.41, 5.74) is 5.94. The molecule has 0 aliphatic heterocycles. The van der Waals surface area contributed by atoms with E-state index in [1.165, 1.54) is 0 Å². The highest BCUT2D eigenvalue weighted by Gasteiger charge is 2.07. The number of carbonyl (C=O) groups excluding carboxylic acids is 1. The van der Waals surface area contributed by atoms with E-state index in [1.807, 2.05) is 30.3 Å². The molecule has 0 saturated heterocycles. The molecule has 6 nitrogen and oxygen atoms in total. The van der Waals surface area contributed by atoms with E-state index in [-0.39, 0.29) is 5.91 Å². The number of primary amides is 1. The molecule has 100 valence electrons. The van der Waals surface area contributed by atoms with Crippen molar-refractivity contribution in [1.29, 1.82) is 0 Å². The summed E-state index contributed by atoms with van der Waals surface area (Å²) in [6, 6.07) is 9.60. The molecule has 6 heteroatoms. The number of nitrogens with two attached hydrogens (primary N) is 1. The van der Waals surface area contributed by atoms with Crippen LogP contribution in [0.3, 0.4) is 0 Å². The van der Waals surface area contributed by atoms with E-state index in [4.69, 9.17) is 10.2 Å². The van der Waals surface area contributed by atoms with Gasteiger partial charge in [0, 0.05) is 12.0 Å². The van der Waals surface area contributed by atoms with Crippen molar-refractivity contribution in [3.8, 4) is 11.5 Å². The molecule has 0 aliphatic rings. The molecule has 0 spiro atoms. The van der Waals surface area contributed by atoms with Crippen LogP contribution < -0.4 is 11.1 Å². The Hall–Kier alpha value is -2.21. The number of carbonyl (C=O) groups is 1.